The fourth-order valence-electron chi connectivity index (χ4n) is 3.45. The zero-order valence-electron chi connectivity index (χ0n) is 14.8. The number of rotatable bonds is 2. The van der Waals surface area contributed by atoms with Gasteiger partial charge in [-0.3, -0.25) is 4.79 Å². The van der Waals surface area contributed by atoms with E-state index in [-0.39, 0.29) is 22.5 Å². The Bertz CT molecular complexity index is 958. The monoisotopic (exact) mass is 348 g/mol. The van der Waals surface area contributed by atoms with Crippen LogP contribution in [-0.2, 0) is 11.8 Å². The molecule has 4 nitrogen and oxygen atoms in total. The van der Waals surface area contributed by atoms with Gasteiger partial charge >= 0.3 is 5.97 Å². The molecule has 0 heterocycles. The van der Waals surface area contributed by atoms with E-state index >= 15 is 0 Å². The Morgan fingerprint density at radius 1 is 1.12 bits per heavy atom. The molecule has 4 heteroatoms. The first-order valence-corrected chi connectivity index (χ1v) is 8.54. The van der Waals surface area contributed by atoms with Crippen LogP contribution in [0.2, 0.25) is 0 Å². The lowest BCUT2D eigenvalue weighted by molar-refractivity contribution is 0.0693. The van der Waals surface area contributed by atoms with Gasteiger partial charge in [-0.1, -0.05) is 31.9 Å². The number of aromatic hydroxyl groups is 1. The summed E-state index contributed by atoms with van der Waals surface area (Å²) in [5.41, 5.74) is 3.38. The van der Waals surface area contributed by atoms with Crippen LogP contribution in [0.3, 0.4) is 0 Å². The molecule has 26 heavy (non-hydrogen) atoms. The number of carbonyl (C=O) groups excluding carboxylic acids is 1. The molecule has 0 fully saturated rings. The lowest BCUT2D eigenvalue weighted by Crippen LogP contribution is -2.24. The number of Topliss-reactive ketones (excluding diaryl/α,β-unsaturated/α-hetero) is 1. The quantitative estimate of drug-likeness (QED) is 0.637. The third-order valence-electron chi connectivity index (χ3n) is 4.89. The van der Waals surface area contributed by atoms with E-state index in [4.69, 9.17) is 5.11 Å². The molecule has 1 aliphatic rings. The Morgan fingerprint density at radius 3 is 2.58 bits per heavy atom. The van der Waals surface area contributed by atoms with Gasteiger partial charge in [-0.05, 0) is 66.0 Å². The number of hydrogen-bond acceptors (Lipinski definition) is 3. The van der Waals surface area contributed by atoms with Gasteiger partial charge in [-0.25, -0.2) is 4.79 Å². The molecule has 0 unspecified atom stereocenters. The molecule has 2 aromatic rings. The Labute approximate surface area is 152 Å². The van der Waals surface area contributed by atoms with Crippen molar-refractivity contribution in [2.75, 3.05) is 0 Å². The lowest BCUT2D eigenvalue weighted by atomic mass is 9.72. The van der Waals surface area contributed by atoms with Gasteiger partial charge in [0.1, 0.15) is 11.3 Å². The average Bonchev–Trinajstić information content (AvgIpc) is 2.58. The van der Waals surface area contributed by atoms with Gasteiger partial charge in [-0.2, -0.15) is 0 Å². The molecule has 2 N–H and O–H groups in total. The van der Waals surface area contributed by atoms with Gasteiger partial charge in [0.15, 0.2) is 0 Å². The number of hydrogen-bond donors (Lipinski definition) is 2. The normalized spacial score (nSPS) is 14.7. The van der Waals surface area contributed by atoms with Gasteiger partial charge < -0.3 is 10.2 Å². The summed E-state index contributed by atoms with van der Waals surface area (Å²) in [5, 5.41) is 18.6. The number of aryl methyl sites for hydroxylation is 1. The minimum Gasteiger partial charge on any atom is -0.507 e. The van der Waals surface area contributed by atoms with E-state index in [9.17, 15) is 14.7 Å². The molecule has 132 valence electrons. The third kappa shape index (κ3) is 3.48. The van der Waals surface area contributed by atoms with Crippen molar-refractivity contribution in [3.05, 3.63) is 64.2 Å². The van der Waals surface area contributed by atoms with Gasteiger partial charge in [0.05, 0.1) is 0 Å². The number of carboxylic acids is 1. The average molecular weight is 348 g/mol. The highest BCUT2D eigenvalue weighted by Crippen LogP contribution is 2.36. The molecule has 0 saturated carbocycles. The predicted octanol–water partition coefficient (Wildman–Crippen LogP) is 3.94. The summed E-state index contributed by atoms with van der Waals surface area (Å²) in [5.74, 6) is 3.39. The number of aromatic carboxylic acids is 1. The van der Waals surface area contributed by atoms with E-state index in [1.165, 1.54) is 29.3 Å². The second kappa shape index (κ2) is 6.68. The number of carboxylic acid groups (broad SMARTS) is 1. The van der Waals surface area contributed by atoms with Crippen molar-refractivity contribution in [2.45, 2.75) is 38.5 Å². The van der Waals surface area contributed by atoms with Gasteiger partial charge in [0.2, 0.25) is 5.78 Å². The Kier molecular flexibility index (Phi) is 4.56. The van der Waals surface area contributed by atoms with Crippen molar-refractivity contribution >= 4 is 11.8 Å². The summed E-state index contributed by atoms with van der Waals surface area (Å²) in [7, 11) is 0. The van der Waals surface area contributed by atoms with E-state index in [1.807, 2.05) is 18.2 Å². The largest absolute Gasteiger partial charge is 0.507 e. The zero-order valence-corrected chi connectivity index (χ0v) is 14.8. The first-order chi connectivity index (χ1) is 12.3. The first kappa shape index (κ1) is 17.8. The number of ketones is 1. The van der Waals surface area contributed by atoms with E-state index < -0.39 is 5.97 Å². The molecule has 0 amide bonds. The van der Waals surface area contributed by atoms with Crippen molar-refractivity contribution < 1.29 is 19.8 Å². The molecule has 1 aliphatic carbocycles. The molecular weight excluding hydrogens is 328 g/mol. The first-order valence-electron chi connectivity index (χ1n) is 8.54. The molecule has 0 bridgehead atoms. The number of carbonyl (C=O) groups is 2. The molecule has 0 spiro atoms. The number of benzene rings is 2. The van der Waals surface area contributed by atoms with Crippen LogP contribution in [0, 0.1) is 11.8 Å². The summed E-state index contributed by atoms with van der Waals surface area (Å²) >= 11 is 0. The lowest BCUT2D eigenvalue weighted by Gasteiger charge is -2.32. The molecule has 0 aliphatic heterocycles. The van der Waals surface area contributed by atoms with Crippen LogP contribution < -0.4 is 0 Å². The smallest absolute Gasteiger partial charge is 0.339 e. The molecule has 0 aromatic heterocycles. The van der Waals surface area contributed by atoms with Gasteiger partial charge in [-0.15, -0.1) is 0 Å². The third-order valence-corrected chi connectivity index (χ3v) is 4.89. The fraction of sp³-hybridized carbons (Fsp3) is 0.273. The van der Waals surface area contributed by atoms with Crippen LogP contribution in [0.25, 0.3) is 0 Å². The molecule has 3 rings (SSSR count). The van der Waals surface area contributed by atoms with Crippen molar-refractivity contribution in [1.82, 2.24) is 0 Å². The molecule has 0 radical (unpaired) electrons. The fourth-order valence-corrected chi connectivity index (χ4v) is 3.45. The van der Waals surface area contributed by atoms with E-state index in [0.717, 1.165) is 19.3 Å². The van der Waals surface area contributed by atoms with Crippen LogP contribution >= 0.6 is 0 Å². The highest BCUT2D eigenvalue weighted by molar-refractivity contribution is 6.09. The summed E-state index contributed by atoms with van der Waals surface area (Å²) in [6.07, 6.45) is 3.22. The van der Waals surface area contributed by atoms with Crippen LogP contribution in [0.1, 0.15) is 64.1 Å². The predicted molar refractivity (Wildman–Crippen MR) is 98.7 cm³/mol. The maximum Gasteiger partial charge on any atom is 0.339 e. The summed E-state index contributed by atoms with van der Waals surface area (Å²) in [6, 6.07) is 9.76. The SMILES string of the molecule is CC1(C)CCCc2cc(C(=O)C#Cc3ccc(C(=O)O)c(O)c3)ccc21. The minimum atomic E-state index is -1.21. The van der Waals surface area contributed by atoms with E-state index in [1.54, 1.807) is 0 Å². The van der Waals surface area contributed by atoms with Crippen molar-refractivity contribution in [1.29, 1.82) is 0 Å². The molecule has 0 atom stereocenters. The van der Waals surface area contributed by atoms with Gasteiger partial charge in [0, 0.05) is 11.1 Å². The standard InChI is InChI=1S/C22H20O4/c1-22(2)11-3-4-15-13-16(7-9-18(15)22)19(23)10-6-14-5-8-17(21(25)26)20(24)12-14/h5,7-9,12-13,24H,3-4,11H2,1-2H3,(H,25,26). The van der Waals surface area contributed by atoms with Crippen LogP contribution in [0.15, 0.2) is 36.4 Å². The van der Waals surface area contributed by atoms with Crippen LogP contribution in [-0.4, -0.2) is 22.0 Å². The number of fused-ring (bicyclic) bond motifs is 1. The zero-order chi connectivity index (χ0) is 18.9. The van der Waals surface area contributed by atoms with E-state index in [0.29, 0.717) is 11.1 Å². The van der Waals surface area contributed by atoms with Crippen LogP contribution in [0.4, 0.5) is 0 Å². The summed E-state index contributed by atoms with van der Waals surface area (Å²) in [4.78, 5) is 23.3. The second-order valence-electron chi connectivity index (χ2n) is 7.23. The minimum absolute atomic E-state index is 0.129. The summed E-state index contributed by atoms with van der Waals surface area (Å²) in [6.45, 7) is 4.44. The van der Waals surface area contributed by atoms with E-state index in [2.05, 4.69) is 25.7 Å². The molecule has 2 aromatic carbocycles. The Hall–Kier alpha value is -3.06. The van der Waals surface area contributed by atoms with Crippen molar-refractivity contribution in [3.63, 3.8) is 0 Å². The maximum absolute atomic E-state index is 12.4. The Morgan fingerprint density at radius 2 is 1.88 bits per heavy atom. The molecule has 0 saturated heterocycles. The number of phenols is 1. The topological polar surface area (TPSA) is 74.6 Å². The highest BCUT2D eigenvalue weighted by atomic mass is 16.4. The molecular formula is C22H20O4. The Balaban J connectivity index is 1.85. The van der Waals surface area contributed by atoms with Gasteiger partial charge in [0.25, 0.3) is 0 Å². The second-order valence-corrected chi connectivity index (χ2v) is 7.23. The van der Waals surface area contributed by atoms with Crippen molar-refractivity contribution in [3.8, 4) is 17.6 Å². The van der Waals surface area contributed by atoms with Crippen LogP contribution in [0.5, 0.6) is 5.75 Å². The summed E-state index contributed by atoms with van der Waals surface area (Å²) < 4.78 is 0. The highest BCUT2D eigenvalue weighted by Gasteiger charge is 2.27. The maximum atomic E-state index is 12.4. The van der Waals surface area contributed by atoms with Crippen molar-refractivity contribution in [2.24, 2.45) is 0 Å².